The Balaban J connectivity index is 0.000000317. The summed E-state index contributed by atoms with van der Waals surface area (Å²) in [4.78, 5) is 34.6. The maximum atomic E-state index is 12.1. The van der Waals surface area contributed by atoms with Crippen LogP contribution in [0.1, 0.15) is 25.3 Å². The van der Waals surface area contributed by atoms with E-state index >= 15 is 0 Å². The standard InChI is InChI=1S/C19H26N2O4.2C2HF3O2/c1-2-20-10-15-11-21(7-3-6-19(15,12-20)18(22)23)9-14-4-5-16-17(8-14)25-13-24-16;2*3-2(4,5)1(6)7/h4-5,8,15H,2-3,6-7,9-13H2,1H3,(H,22,23);2*(H,6,7)/t15-,19+;;/m1../s1. The van der Waals surface area contributed by atoms with E-state index in [9.17, 15) is 36.2 Å². The monoisotopic (exact) mass is 574 g/mol. The summed E-state index contributed by atoms with van der Waals surface area (Å²) >= 11 is 0. The van der Waals surface area contributed by atoms with E-state index in [1.165, 1.54) is 5.56 Å². The van der Waals surface area contributed by atoms with Crippen molar-refractivity contribution in [3.63, 3.8) is 0 Å². The zero-order valence-corrected chi connectivity index (χ0v) is 20.7. The van der Waals surface area contributed by atoms with Crippen molar-refractivity contribution in [1.82, 2.24) is 9.80 Å². The maximum Gasteiger partial charge on any atom is 0.490 e. The Morgan fingerprint density at radius 2 is 1.49 bits per heavy atom. The van der Waals surface area contributed by atoms with Crippen LogP contribution in [-0.4, -0.2) is 94.9 Å². The van der Waals surface area contributed by atoms with Gasteiger partial charge in [-0.2, -0.15) is 26.3 Å². The van der Waals surface area contributed by atoms with Crippen LogP contribution in [0.25, 0.3) is 0 Å². The first-order chi connectivity index (χ1) is 18.0. The molecule has 0 bridgehead atoms. The molecule has 10 nitrogen and oxygen atoms in total. The van der Waals surface area contributed by atoms with E-state index in [0.29, 0.717) is 13.3 Å². The first-order valence-electron chi connectivity index (χ1n) is 11.7. The third-order valence-electron chi connectivity index (χ3n) is 6.54. The Labute approximate surface area is 218 Å². The molecule has 2 saturated heterocycles. The van der Waals surface area contributed by atoms with Gasteiger partial charge < -0.3 is 29.7 Å². The van der Waals surface area contributed by atoms with Gasteiger partial charge in [0.15, 0.2) is 11.5 Å². The molecule has 3 aliphatic rings. The van der Waals surface area contributed by atoms with Gasteiger partial charge in [-0.15, -0.1) is 0 Å². The maximum absolute atomic E-state index is 12.1. The van der Waals surface area contributed by atoms with Crippen LogP contribution in [-0.2, 0) is 20.9 Å². The molecule has 0 saturated carbocycles. The Kier molecular flexibility index (Phi) is 10.4. The second kappa shape index (κ2) is 12.7. The third kappa shape index (κ3) is 8.61. The first-order valence-corrected chi connectivity index (χ1v) is 11.7. The van der Waals surface area contributed by atoms with Crippen LogP contribution in [0.4, 0.5) is 26.3 Å². The van der Waals surface area contributed by atoms with Gasteiger partial charge in [-0.3, -0.25) is 9.69 Å². The van der Waals surface area contributed by atoms with E-state index in [4.69, 9.17) is 29.3 Å². The lowest BCUT2D eigenvalue weighted by molar-refractivity contribution is -0.193. The van der Waals surface area contributed by atoms with E-state index in [2.05, 4.69) is 22.8 Å². The summed E-state index contributed by atoms with van der Waals surface area (Å²) in [6.07, 6.45) is -8.45. The van der Waals surface area contributed by atoms with Crippen molar-refractivity contribution in [3.05, 3.63) is 23.8 Å². The number of aliphatic carboxylic acids is 3. The van der Waals surface area contributed by atoms with E-state index < -0.39 is 35.7 Å². The Bertz CT molecular complexity index is 1010. The number of rotatable bonds is 4. The van der Waals surface area contributed by atoms with Crippen molar-refractivity contribution < 1.29 is 65.5 Å². The second-order valence-electron chi connectivity index (χ2n) is 9.12. The molecule has 220 valence electrons. The molecular weight excluding hydrogens is 546 g/mol. The topological polar surface area (TPSA) is 137 Å². The lowest BCUT2D eigenvalue weighted by Gasteiger charge is -2.29. The van der Waals surface area contributed by atoms with Gasteiger partial charge in [0.1, 0.15) is 0 Å². The minimum absolute atomic E-state index is 0.196. The number of ether oxygens (including phenoxy) is 2. The highest BCUT2D eigenvalue weighted by molar-refractivity contribution is 5.76. The van der Waals surface area contributed by atoms with Crippen molar-refractivity contribution in [3.8, 4) is 11.5 Å². The number of hydrogen-bond donors (Lipinski definition) is 3. The van der Waals surface area contributed by atoms with Crippen LogP contribution in [0.2, 0.25) is 0 Å². The number of alkyl halides is 6. The fraction of sp³-hybridized carbons (Fsp3) is 0.609. The number of fused-ring (bicyclic) bond motifs is 2. The van der Waals surface area contributed by atoms with Crippen LogP contribution in [0.3, 0.4) is 0 Å². The Morgan fingerprint density at radius 1 is 0.949 bits per heavy atom. The molecule has 39 heavy (non-hydrogen) atoms. The number of nitrogens with zero attached hydrogens (tertiary/aromatic N) is 2. The molecule has 0 unspecified atom stereocenters. The van der Waals surface area contributed by atoms with E-state index in [-0.39, 0.29) is 5.92 Å². The molecule has 1 aromatic rings. The summed E-state index contributed by atoms with van der Waals surface area (Å²) in [5, 5.41) is 24.2. The minimum atomic E-state index is -5.08. The van der Waals surface area contributed by atoms with Crippen LogP contribution >= 0.6 is 0 Å². The van der Waals surface area contributed by atoms with Crippen LogP contribution in [0, 0.1) is 11.3 Å². The fourth-order valence-corrected chi connectivity index (χ4v) is 4.65. The molecule has 0 aliphatic carbocycles. The van der Waals surface area contributed by atoms with Crippen molar-refractivity contribution in [1.29, 1.82) is 0 Å². The average Bonchev–Trinajstić information content (AvgIpc) is 3.39. The van der Waals surface area contributed by atoms with Crippen LogP contribution in [0.5, 0.6) is 11.5 Å². The van der Waals surface area contributed by atoms with Crippen molar-refractivity contribution in [2.75, 3.05) is 39.5 Å². The predicted molar refractivity (Wildman–Crippen MR) is 120 cm³/mol. The first kappa shape index (κ1) is 31.9. The molecule has 3 N–H and O–H groups in total. The Hall–Kier alpha value is -3.27. The number of hydrogen-bond acceptors (Lipinski definition) is 7. The average molecular weight is 574 g/mol. The van der Waals surface area contributed by atoms with Gasteiger partial charge >= 0.3 is 30.3 Å². The normalized spacial score (nSPS) is 22.9. The smallest absolute Gasteiger partial charge is 0.481 e. The molecule has 3 heterocycles. The molecule has 0 radical (unpaired) electrons. The molecule has 2 fully saturated rings. The quantitative estimate of drug-likeness (QED) is 0.460. The molecular formula is C23H28F6N2O8. The summed E-state index contributed by atoms with van der Waals surface area (Å²) < 4.78 is 74.3. The lowest BCUT2D eigenvalue weighted by Crippen LogP contribution is -2.41. The third-order valence-corrected chi connectivity index (χ3v) is 6.54. The summed E-state index contributed by atoms with van der Waals surface area (Å²) in [7, 11) is 0. The molecule has 1 aromatic carbocycles. The Morgan fingerprint density at radius 3 is 2.00 bits per heavy atom. The van der Waals surface area contributed by atoms with Gasteiger partial charge in [-0.25, -0.2) is 9.59 Å². The summed E-state index contributed by atoms with van der Waals surface area (Å²) in [5.74, 6) is -4.32. The number of carboxylic acids is 3. The SMILES string of the molecule is CCN1C[C@@H]2CN(Cc3ccc4c(c3)OCO4)CCC[C@]2(C(=O)O)C1.O=C(O)C(F)(F)F.O=C(O)C(F)(F)F. The number of halogens is 6. The highest BCUT2D eigenvalue weighted by Gasteiger charge is 2.52. The van der Waals surface area contributed by atoms with Gasteiger partial charge in [0, 0.05) is 32.1 Å². The van der Waals surface area contributed by atoms with Gasteiger partial charge in [-0.1, -0.05) is 13.0 Å². The highest BCUT2D eigenvalue weighted by atomic mass is 19.4. The molecule has 3 aliphatic heterocycles. The predicted octanol–water partition coefficient (Wildman–Crippen LogP) is 3.30. The van der Waals surface area contributed by atoms with Gasteiger partial charge in [0.05, 0.1) is 5.41 Å². The number of carboxylic acid groups (broad SMARTS) is 3. The van der Waals surface area contributed by atoms with E-state index in [1.807, 2.05) is 12.1 Å². The van der Waals surface area contributed by atoms with Gasteiger partial charge in [0.2, 0.25) is 6.79 Å². The van der Waals surface area contributed by atoms with E-state index in [1.54, 1.807) is 0 Å². The van der Waals surface area contributed by atoms with Gasteiger partial charge in [0.25, 0.3) is 0 Å². The van der Waals surface area contributed by atoms with Crippen LogP contribution in [0.15, 0.2) is 18.2 Å². The molecule has 16 heteroatoms. The van der Waals surface area contributed by atoms with Crippen molar-refractivity contribution >= 4 is 17.9 Å². The number of benzene rings is 1. The largest absolute Gasteiger partial charge is 0.490 e. The highest BCUT2D eigenvalue weighted by Crippen LogP contribution is 2.43. The number of likely N-dealkylation sites (tertiary alicyclic amines) is 2. The van der Waals surface area contributed by atoms with Crippen LogP contribution < -0.4 is 9.47 Å². The van der Waals surface area contributed by atoms with Gasteiger partial charge in [-0.05, 0) is 43.6 Å². The zero-order valence-electron chi connectivity index (χ0n) is 20.7. The summed E-state index contributed by atoms with van der Waals surface area (Å²) in [5.41, 5.74) is 0.622. The molecule has 0 aromatic heterocycles. The fourth-order valence-electron chi connectivity index (χ4n) is 4.65. The minimum Gasteiger partial charge on any atom is -0.481 e. The molecule has 2 atom stereocenters. The second-order valence-corrected chi connectivity index (χ2v) is 9.12. The summed E-state index contributed by atoms with van der Waals surface area (Å²) in [6.45, 7) is 7.54. The molecule has 4 rings (SSSR count). The lowest BCUT2D eigenvalue weighted by atomic mass is 9.75. The molecule has 0 spiro atoms. The zero-order chi connectivity index (χ0) is 29.6. The summed E-state index contributed by atoms with van der Waals surface area (Å²) in [6, 6.07) is 6.09. The molecule has 0 amide bonds. The van der Waals surface area contributed by atoms with Crippen molar-refractivity contribution in [2.24, 2.45) is 11.3 Å². The van der Waals surface area contributed by atoms with E-state index in [0.717, 1.165) is 57.1 Å². The number of carbonyl (C=O) groups is 3. The van der Waals surface area contributed by atoms with Crippen molar-refractivity contribution in [2.45, 2.75) is 38.7 Å².